The van der Waals surface area contributed by atoms with Crippen LogP contribution in [0.5, 0.6) is 0 Å². The zero-order valence-electron chi connectivity index (χ0n) is 14.0. The smallest absolute Gasteiger partial charge is 0.239 e. The lowest BCUT2D eigenvalue weighted by Crippen LogP contribution is -2.45. The maximum absolute atomic E-state index is 12.9. The van der Waals surface area contributed by atoms with Gasteiger partial charge in [0.05, 0.1) is 6.54 Å². The van der Waals surface area contributed by atoms with Gasteiger partial charge >= 0.3 is 0 Å². The quantitative estimate of drug-likeness (QED) is 0.369. The number of hydrogen-bond acceptors (Lipinski definition) is 2. The zero-order chi connectivity index (χ0) is 16.5. The molecule has 2 rings (SSSR count). The first-order valence-corrected chi connectivity index (χ1v) is 8.15. The van der Waals surface area contributed by atoms with Crippen LogP contribution in [0.4, 0.5) is 4.39 Å². The molecule has 1 aromatic rings. The molecule has 0 atom stereocenters. The first-order valence-electron chi connectivity index (χ1n) is 8.15. The molecule has 5 nitrogen and oxygen atoms in total. The summed E-state index contributed by atoms with van der Waals surface area (Å²) < 4.78 is 12.9. The monoisotopic (exact) mass is 448 g/mol. The third-order valence-corrected chi connectivity index (χ3v) is 3.98. The Morgan fingerprint density at radius 2 is 1.83 bits per heavy atom. The highest BCUT2D eigenvalue weighted by Gasteiger charge is 2.15. The van der Waals surface area contributed by atoms with Crippen molar-refractivity contribution in [2.45, 2.75) is 44.7 Å². The third-order valence-electron chi connectivity index (χ3n) is 3.98. The molecule has 0 aliphatic heterocycles. The number of nitrogens with zero attached hydrogens (tertiary/aromatic N) is 1. The highest BCUT2D eigenvalue weighted by Crippen LogP contribution is 2.17. The number of hydrogen-bond donors (Lipinski definition) is 3. The Hall–Kier alpha value is -1.38. The molecule has 24 heavy (non-hydrogen) atoms. The van der Waals surface area contributed by atoms with Crippen molar-refractivity contribution in [2.24, 2.45) is 4.99 Å². The van der Waals surface area contributed by atoms with Crippen LogP contribution in [-0.4, -0.2) is 31.5 Å². The van der Waals surface area contributed by atoms with Gasteiger partial charge < -0.3 is 16.0 Å². The van der Waals surface area contributed by atoms with Crippen LogP contribution < -0.4 is 16.0 Å². The second kappa shape index (κ2) is 11.2. The molecule has 0 heterocycles. The minimum absolute atomic E-state index is 0. The van der Waals surface area contributed by atoms with Crippen LogP contribution in [0.1, 0.15) is 37.7 Å². The Balaban J connectivity index is 0.00000288. The van der Waals surface area contributed by atoms with Crippen LogP contribution in [0.15, 0.2) is 29.3 Å². The van der Waals surface area contributed by atoms with Gasteiger partial charge in [0.2, 0.25) is 5.91 Å². The Morgan fingerprint density at radius 1 is 1.17 bits per heavy atom. The number of carbonyl (C=O) groups is 1. The topological polar surface area (TPSA) is 65.5 Å². The van der Waals surface area contributed by atoms with Crippen molar-refractivity contribution < 1.29 is 9.18 Å². The second-order valence-electron chi connectivity index (χ2n) is 5.81. The van der Waals surface area contributed by atoms with E-state index in [9.17, 15) is 9.18 Å². The normalized spacial score (nSPS) is 15.3. The van der Waals surface area contributed by atoms with Crippen molar-refractivity contribution in [1.82, 2.24) is 16.0 Å². The van der Waals surface area contributed by atoms with Gasteiger partial charge in [-0.2, -0.15) is 0 Å². The molecular formula is C17H26FIN4O. The van der Waals surface area contributed by atoms with E-state index in [1.165, 1.54) is 31.4 Å². The fourth-order valence-electron chi connectivity index (χ4n) is 2.70. The van der Waals surface area contributed by atoms with Crippen LogP contribution in [-0.2, 0) is 11.3 Å². The Labute approximate surface area is 159 Å². The molecule has 0 unspecified atom stereocenters. The summed E-state index contributed by atoms with van der Waals surface area (Å²) in [6.45, 7) is 0.712. The average molecular weight is 448 g/mol. The molecule has 0 radical (unpaired) electrons. The molecule has 0 spiro atoms. The number of amides is 1. The highest BCUT2D eigenvalue weighted by molar-refractivity contribution is 14.0. The van der Waals surface area contributed by atoms with Crippen molar-refractivity contribution in [3.63, 3.8) is 0 Å². The van der Waals surface area contributed by atoms with E-state index in [1.807, 2.05) is 0 Å². The summed E-state index contributed by atoms with van der Waals surface area (Å²) in [6, 6.07) is 6.58. The maximum atomic E-state index is 12.9. The van der Waals surface area contributed by atoms with Crippen LogP contribution in [0, 0.1) is 5.82 Å². The summed E-state index contributed by atoms with van der Waals surface area (Å²) in [5.74, 6) is 0.283. The number of guanidine groups is 1. The molecule has 1 amide bonds. The predicted molar refractivity (Wildman–Crippen MR) is 105 cm³/mol. The number of aliphatic imine (C=N–C) groups is 1. The summed E-state index contributed by atoms with van der Waals surface area (Å²) in [6.07, 6.45) is 5.80. The summed E-state index contributed by atoms with van der Waals surface area (Å²) in [5, 5.41) is 9.15. The summed E-state index contributed by atoms with van der Waals surface area (Å²) >= 11 is 0. The number of halogens is 2. The van der Waals surface area contributed by atoms with Crippen molar-refractivity contribution in [3.8, 4) is 0 Å². The van der Waals surface area contributed by atoms with E-state index in [4.69, 9.17) is 0 Å². The summed E-state index contributed by atoms with van der Waals surface area (Å²) in [4.78, 5) is 16.0. The van der Waals surface area contributed by atoms with Crippen LogP contribution in [0.2, 0.25) is 0 Å². The van der Waals surface area contributed by atoms with Gasteiger partial charge in [-0.05, 0) is 30.5 Å². The van der Waals surface area contributed by atoms with Crippen LogP contribution >= 0.6 is 24.0 Å². The van der Waals surface area contributed by atoms with Crippen molar-refractivity contribution >= 4 is 35.8 Å². The van der Waals surface area contributed by atoms with E-state index in [1.54, 1.807) is 19.2 Å². The lowest BCUT2D eigenvalue weighted by atomic mass is 9.95. The zero-order valence-corrected chi connectivity index (χ0v) is 16.3. The standard InChI is InChI=1S/C17H25FN4O.HI/c1-19-17(20-11-13-7-9-14(18)10-8-13)21-12-16(23)22-15-5-3-2-4-6-15;/h7-10,15H,2-6,11-12H2,1H3,(H,22,23)(H2,19,20,21);1H. The fraction of sp³-hybridized carbons (Fsp3) is 0.529. The lowest BCUT2D eigenvalue weighted by Gasteiger charge is -2.23. The van der Waals surface area contributed by atoms with Crippen molar-refractivity contribution in [1.29, 1.82) is 0 Å². The molecular weight excluding hydrogens is 422 g/mol. The molecule has 7 heteroatoms. The minimum Gasteiger partial charge on any atom is -0.352 e. The van der Waals surface area contributed by atoms with Gasteiger partial charge in [-0.15, -0.1) is 24.0 Å². The van der Waals surface area contributed by atoms with E-state index < -0.39 is 0 Å². The number of carbonyl (C=O) groups excluding carboxylic acids is 1. The first-order chi connectivity index (χ1) is 11.2. The number of rotatable bonds is 5. The van der Waals surface area contributed by atoms with Gasteiger partial charge in [0.25, 0.3) is 0 Å². The van der Waals surface area contributed by atoms with E-state index >= 15 is 0 Å². The molecule has 1 saturated carbocycles. The van der Waals surface area contributed by atoms with Gasteiger partial charge in [0.15, 0.2) is 5.96 Å². The second-order valence-corrected chi connectivity index (χ2v) is 5.81. The van der Waals surface area contributed by atoms with Crippen molar-refractivity contribution in [3.05, 3.63) is 35.6 Å². The summed E-state index contributed by atoms with van der Waals surface area (Å²) in [5.41, 5.74) is 0.945. The molecule has 0 aromatic heterocycles. The Morgan fingerprint density at radius 3 is 2.46 bits per heavy atom. The molecule has 1 fully saturated rings. The molecule has 134 valence electrons. The van der Waals surface area contributed by atoms with Gasteiger partial charge in [-0.25, -0.2) is 4.39 Å². The maximum Gasteiger partial charge on any atom is 0.239 e. The third kappa shape index (κ3) is 7.46. The first kappa shape index (κ1) is 20.7. The van der Waals surface area contributed by atoms with Gasteiger partial charge in [-0.1, -0.05) is 31.4 Å². The van der Waals surface area contributed by atoms with Gasteiger partial charge in [0, 0.05) is 19.6 Å². The molecule has 3 N–H and O–H groups in total. The molecule has 1 aliphatic rings. The van der Waals surface area contributed by atoms with Crippen molar-refractivity contribution in [2.75, 3.05) is 13.6 Å². The fourth-order valence-corrected chi connectivity index (χ4v) is 2.70. The molecule has 1 aliphatic carbocycles. The van der Waals surface area contributed by atoms with E-state index in [0.717, 1.165) is 18.4 Å². The van der Waals surface area contributed by atoms with E-state index in [-0.39, 0.29) is 42.2 Å². The Bertz CT molecular complexity index is 530. The lowest BCUT2D eigenvalue weighted by molar-refractivity contribution is -0.120. The van der Waals surface area contributed by atoms with Gasteiger partial charge in [0.1, 0.15) is 5.82 Å². The minimum atomic E-state index is -0.254. The number of benzene rings is 1. The molecule has 1 aromatic carbocycles. The molecule has 0 bridgehead atoms. The summed E-state index contributed by atoms with van der Waals surface area (Å²) in [7, 11) is 1.65. The highest BCUT2D eigenvalue weighted by atomic mass is 127. The van der Waals surface area contributed by atoms with Crippen LogP contribution in [0.3, 0.4) is 0 Å². The average Bonchev–Trinajstić information content (AvgIpc) is 2.57. The van der Waals surface area contributed by atoms with Gasteiger partial charge in [-0.3, -0.25) is 9.79 Å². The van der Waals surface area contributed by atoms with Crippen LogP contribution in [0.25, 0.3) is 0 Å². The van der Waals surface area contributed by atoms with E-state index in [2.05, 4.69) is 20.9 Å². The molecule has 0 saturated heterocycles. The predicted octanol–water partition coefficient (Wildman–Crippen LogP) is 2.56. The van der Waals surface area contributed by atoms with E-state index in [0.29, 0.717) is 18.5 Å². The number of nitrogens with one attached hydrogen (secondary N) is 3. The largest absolute Gasteiger partial charge is 0.352 e. The SMILES string of the molecule is CN=C(NCC(=O)NC1CCCCC1)NCc1ccc(F)cc1.I. The Kier molecular flexibility index (Phi) is 9.66.